The summed E-state index contributed by atoms with van der Waals surface area (Å²) in [7, 11) is 0. The number of carbonyl (C=O) groups excluding carboxylic acids is 1. The predicted octanol–water partition coefficient (Wildman–Crippen LogP) is 1.50. The maximum absolute atomic E-state index is 10.9. The van der Waals surface area contributed by atoms with E-state index in [2.05, 4.69) is 4.98 Å². The van der Waals surface area contributed by atoms with Gasteiger partial charge in [0.15, 0.2) is 11.9 Å². The molecule has 2 aromatic heterocycles. The van der Waals surface area contributed by atoms with Gasteiger partial charge in [0, 0.05) is 11.8 Å². The van der Waals surface area contributed by atoms with E-state index in [4.69, 9.17) is 16.7 Å². The van der Waals surface area contributed by atoms with Crippen LogP contribution in [0.25, 0.3) is 5.65 Å². The number of aromatic carboxylic acids is 1. The summed E-state index contributed by atoms with van der Waals surface area (Å²) < 4.78 is 1.36. The summed E-state index contributed by atoms with van der Waals surface area (Å²) in [5.41, 5.74) is 0.407. The SMILES string of the molecule is O=Cc1cc(C(=O)O)c2ncc(Cl)n2c1. The third kappa shape index (κ3) is 1.46. The van der Waals surface area contributed by atoms with Crippen LogP contribution >= 0.6 is 11.6 Å². The van der Waals surface area contributed by atoms with E-state index in [9.17, 15) is 9.59 Å². The van der Waals surface area contributed by atoms with Crippen molar-refractivity contribution in [2.24, 2.45) is 0 Å². The van der Waals surface area contributed by atoms with Crippen LogP contribution in [0.4, 0.5) is 0 Å². The first-order chi connectivity index (χ1) is 7.13. The molecule has 0 aromatic carbocycles. The fraction of sp³-hybridized carbons (Fsp3) is 0. The van der Waals surface area contributed by atoms with Gasteiger partial charge in [0.25, 0.3) is 0 Å². The predicted molar refractivity (Wildman–Crippen MR) is 52.5 cm³/mol. The van der Waals surface area contributed by atoms with Crippen molar-refractivity contribution >= 4 is 29.5 Å². The van der Waals surface area contributed by atoms with Crippen molar-refractivity contribution < 1.29 is 14.7 Å². The summed E-state index contributed by atoms with van der Waals surface area (Å²) in [6, 6.07) is 1.26. The molecule has 0 unspecified atom stereocenters. The van der Waals surface area contributed by atoms with Crippen LogP contribution in [0.15, 0.2) is 18.5 Å². The molecule has 0 saturated heterocycles. The Kier molecular flexibility index (Phi) is 2.17. The molecule has 0 radical (unpaired) electrons. The van der Waals surface area contributed by atoms with Gasteiger partial charge in [-0.05, 0) is 6.07 Å². The minimum absolute atomic E-state index is 0.0495. The fourth-order valence-electron chi connectivity index (χ4n) is 1.30. The van der Waals surface area contributed by atoms with E-state index in [0.717, 1.165) is 0 Å². The van der Waals surface area contributed by atoms with Crippen LogP contribution in [-0.2, 0) is 0 Å². The smallest absolute Gasteiger partial charge is 0.339 e. The Morgan fingerprint density at radius 3 is 2.93 bits per heavy atom. The van der Waals surface area contributed by atoms with Crippen molar-refractivity contribution in [1.29, 1.82) is 0 Å². The van der Waals surface area contributed by atoms with E-state index in [1.807, 2.05) is 0 Å². The molecular formula is C9H5ClN2O3. The molecule has 0 amide bonds. The van der Waals surface area contributed by atoms with Gasteiger partial charge in [-0.3, -0.25) is 9.20 Å². The molecule has 0 spiro atoms. The second-order valence-corrected chi connectivity index (χ2v) is 3.27. The Hall–Kier alpha value is -1.88. The number of hydrogen-bond acceptors (Lipinski definition) is 3. The van der Waals surface area contributed by atoms with Crippen LogP contribution in [0.5, 0.6) is 0 Å². The number of fused-ring (bicyclic) bond motifs is 1. The average Bonchev–Trinajstić information content (AvgIpc) is 2.59. The second kappa shape index (κ2) is 3.36. The topological polar surface area (TPSA) is 71.7 Å². The number of imidazole rings is 1. The Morgan fingerprint density at radius 2 is 2.33 bits per heavy atom. The molecule has 15 heavy (non-hydrogen) atoms. The second-order valence-electron chi connectivity index (χ2n) is 2.88. The van der Waals surface area contributed by atoms with Crippen molar-refractivity contribution in [2.75, 3.05) is 0 Å². The quantitative estimate of drug-likeness (QED) is 0.785. The van der Waals surface area contributed by atoms with Gasteiger partial charge in [-0.1, -0.05) is 11.6 Å². The number of carboxylic acids is 1. The summed E-state index contributed by atoms with van der Waals surface area (Å²) in [5.74, 6) is -1.15. The summed E-state index contributed by atoms with van der Waals surface area (Å²) in [6.07, 6.45) is 3.32. The summed E-state index contributed by atoms with van der Waals surface area (Å²) in [5, 5.41) is 9.16. The highest BCUT2D eigenvalue weighted by Gasteiger charge is 2.13. The van der Waals surface area contributed by atoms with Crippen LogP contribution in [0.3, 0.4) is 0 Å². The van der Waals surface area contributed by atoms with Crippen molar-refractivity contribution in [1.82, 2.24) is 9.38 Å². The number of pyridine rings is 1. The first-order valence-electron chi connectivity index (χ1n) is 3.98. The highest BCUT2D eigenvalue weighted by atomic mass is 35.5. The Morgan fingerprint density at radius 1 is 1.60 bits per heavy atom. The first kappa shape index (κ1) is 9.67. The van der Waals surface area contributed by atoms with E-state index in [1.54, 1.807) is 0 Å². The molecule has 0 aliphatic heterocycles. The molecule has 0 aliphatic rings. The van der Waals surface area contributed by atoms with Gasteiger partial charge >= 0.3 is 5.97 Å². The molecular weight excluding hydrogens is 220 g/mol. The molecule has 0 bridgehead atoms. The van der Waals surface area contributed by atoms with E-state index in [1.165, 1.54) is 22.9 Å². The normalized spacial score (nSPS) is 10.5. The Balaban J connectivity index is 2.88. The van der Waals surface area contributed by atoms with Gasteiger partial charge in [0.05, 0.1) is 6.20 Å². The van der Waals surface area contributed by atoms with Crippen LogP contribution in [-0.4, -0.2) is 26.7 Å². The maximum atomic E-state index is 10.9. The molecule has 76 valence electrons. The van der Waals surface area contributed by atoms with Crippen LogP contribution < -0.4 is 0 Å². The van der Waals surface area contributed by atoms with E-state index in [0.29, 0.717) is 6.29 Å². The monoisotopic (exact) mass is 224 g/mol. The number of hydrogen-bond donors (Lipinski definition) is 1. The van der Waals surface area contributed by atoms with Crippen LogP contribution in [0, 0.1) is 0 Å². The van der Waals surface area contributed by atoms with Gasteiger partial charge in [0.1, 0.15) is 10.7 Å². The number of aldehydes is 1. The third-order valence-electron chi connectivity index (χ3n) is 1.95. The molecule has 0 fully saturated rings. The third-order valence-corrected chi connectivity index (χ3v) is 2.23. The summed E-state index contributed by atoms with van der Waals surface area (Å²) in [6.45, 7) is 0. The highest BCUT2D eigenvalue weighted by molar-refractivity contribution is 6.29. The maximum Gasteiger partial charge on any atom is 0.339 e. The lowest BCUT2D eigenvalue weighted by molar-refractivity contribution is 0.0698. The number of nitrogens with zero attached hydrogens (tertiary/aromatic N) is 2. The molecule has 2 rings (SSSR count). The zero-order valence-corrected chi connectivity index (χ0v) is 8.10. The first-order valence-corrected chi connectivity index (χ1v) is 4.36. The van der Waals surface area contributed by atoms with Crippen molar-refractivity contribution in [3.05, 3.63) is 34.7 Å². The Bertz CT molecular complexity index is 562. The molecule has 6 heteroatoms. The molecule has 2 heterocycles. The molecule has 2 aromatic rings. The summed E-state index contributed by atoms with van der Waals surface area (Å²) >= 11 is 5.77. The van der Waals surface area contributed by atoms with Crippen LogP contribution in [0.2, 0.25) is 5.15 Å². The Labute approximate surface area is 88.9 Å². The molecule has 5 nitrogen and oxygen atoms in total. The van der Waals surface area contributed by atoms with Crippen molar-refractivity contribution in [2.45, 2.75) is 0 Å². The molecule has 0 atom stereocenters. The minimum Gasteiger partial charge on any atom is -0.478 e. The number of carboxylic acid groups (broad SMARTS) is 1. The lowest BCUT2D eigenvalue weighted by Crippen LogP contribution is -2.02. The van der Waals surface area contributed by atoms with E-state index >= 15 is 0 Å². The highest BCUT2D eigenvalue weighted by Crippen LogP contribution is 2.17. The van der Waals surface area contributed by atoms with E-state index in [-0.39, 0.29) is 21.9 Å². The molecule has 0 aliphatic carbocycles. The van der Waals surface area contributed by atoms with Crippen LogP contribution in [0.1, 0.15) is 20.7 Å². The average molecular weight is 225 g/mol. The van der Waals surface area contributed by atoms with Gasteiger partial charge in [-0.25, -0.2) is 9.78 Å². The minimum atomic E-state index is -1.15. The lowest BCUT2D eigenvalue weighted by atomic mass is 10.2. The van der Waals surface area contributed by atoms with Crippen molar-refractivity contribution in [3.63, 3.8) is 0 Å². The fourth-order valence-corrected chi connectivity index (χ4v) is 1.48. The van der Waals surface area contributed by atoms with Gasteiger partial charge in [-0.2, -0.15) is 0 Å². The lowest BCUT2D eigenvalue weighted by Gasteiger charge is -2.00. The standard InChI is InChI=1S/C9H5ClN2O3/c10-7-2-11-8-6(9(14)15)1-5(4-13)3-12(7)8/h1-4H,(H,14,15). The number of rotatable bonds is 2. The zero-order valence-electron chi connectivity index (χ0n) is 7.35. The van der Waals surface area contributed by atoms with Gasteiger partial charge < -0.3 is 5.11 Å². The number of aromatic nitrogens is 2. The molecule has 1 N–H and O–H groups in total. The summed E-state index contributed by atoms with van der Waals surface area (Å²) in [4.78, 5) is 25.3. The number of halogens is 1. The van der Waals surface area contributed by atoms with Crippen molar-refractivity contribution in [3.8, 4) is 0 Å². The molecule has 0 saturated carbocycles. The van der Waals surface area contributed by atoms with Gasteiger partial charge in [-0.15, -0.1) is 0 Å². The number of carbonyl (C=O) groups is 2. The van der Waals surface area contributed by atoms with Gasteiger partial charge in [0.2, 0.25) is 0 Å². The van der Waals surface area contributed by atoms with E-state index < -0.39 is 5.97 Å². The largest absolute Gasteiger partial charge is 0.478 e. The zero-order chi connectivity index (χ0) is 11.0.